The van der Waals surface area contributed by atoms with Crippen molar-refractivity contribution in [2.75, 3.05) is 18.6 Å². The van der Waals surface area contributed by atoms with E-state index in [4.69, 9.17) is 9.26 Å². The molecule has 0 radical (unpaired) electrons. The van der Waals surface area contributed by atoms with E-state index in [0.717, 1.165) is 23.8 Å². The number of aryl methyl sites for hydroxylation is 1. The first-order valence-corrected chi connectivity index (χ1v) is 7.70. The zero-order valence-electron chi connectivity index (χ0n) is 14.0. The first-order chi connectivity index (χ1) is 11.7. The molecule has 8 heteroatoms. The molecule has 0 saturated carbocycles. The summed E-state index contributed by atoms with van der Waals surface area (Å²) in [7, 11) is 3.58. The molecule has 8 nitrogen and oxygen atoms in total. The average Bonchev–Trinajstić information content (AvgIpc) is 3.23. The molecule has 3 aromatic heterocycles. The van der Waals surface area contributed by atoms with Gasteiger partial charge in [0.05, 0.1) is 12.1 Å². The minimum Gasteiger partial charge on any atom is -0.377 e. The molecule has 126 valence electrons. The summed E-state index contributed by atoms with van der Waals surface area (Å²) in [6, 6.07) is 3.87. The number of pyridine rings is 1. The third-order valence-electron chi connectivity index (χ3n) is 3.70. The molecule has 0 amide bonds. The van der Waals surface area contributed by atoms with Crippen LogP contribution in [0.15, 0.2) is 35.2 Å². The maximum atomic E-state index is 5.22. The molecule has 0 saturated heterocycles. The summed E-state index contributed by atoms with van der Waals surface area (Å²) in [6.07, 6.45) is 5.47. The molecule has 0 unspecified atom stereocenters. The summed E-state index contributed by atoms with van der Waals surface area (Å²) in [5, 5.41) is 3.86. The van der Waals surface area contributed by atoms with E-state index in [1.807, 2.05) is 29.9 Å². The molecular weight excluding hydrogens is 308 g/mol. The van der Waals surface area contributed by atoms with Crippen molar-refractivity contribution < 1.29 is 9.26 Å². The zero-order valence-corrected chi connectivity index (χ0v) is 14.0. The van der Waals surface area contributed by atoms with Gasteiger partial charge in [-0.25, -0.2) is 9.97 Å². The van der Waals surface area contributed by atoms with Gasteiger partial charge < -0.3 is 18.7 Å². The van der Waals surface area contributed by atoms with Crippen LogP contribution >= 0.6 is 0 Å². The topological polar surface area (TPSA) is 82.1 Å². The van der Waals surface area contributed by atoms with Crippen LogP contribution in [0.3, 0.4) is 0 Å². The molecule has 0 spiro atoms. The van der Waals surface area contributed by atoms with E-state index in [1.165, 1.54) is 0 Å². The highest BCUT2D eigenvalue weighted by Crippen LogP contribution is 2.20. The van der Waals surface area contributed by atoms with E-state index in [2.05, 4.69) is 31.9 Å². The van der Waals surface area contributed by atoms with E-state index < -0.39 is 0 Å². The fourth-order valence-corrected chi connectivity index (χ4v) is 2.33. The van der Waals surface area contributed by atoms with Crippen molar-refractivity contribution in [3.63, 3.8) is 0 Å². The Balaban J connectivity index is 1.75. The molecule has 0 aliphatic rings. The number of ether oxygens (including phenoxy) is 1. The quantitative estimate of drug-likeness (QED) is 0.656. The third kappa shape index (κ3) is 3.43. The molecule has 0 aliphatic heterocycles. The summed E-state index contributed by atoms with van der Waals surface area (Å²) in [4.78, 5) is 15.3. The number of anilines is 1. The van der Waals surface area contributed by atoms with E-state index in [1.54, 1.807) is 19.5 Å². The Morgan fingerprint density at radius 2 is 2.17 bits per heavy atom. The van der Waals surface area contributed by atoms with Gasteiger partial charge in [-0.05, 0) is 19.1 Å². The fraction of sp³-hybridized carbons (Fsp3) is 0.375. The van der Waals surface area contributed by atoms with Crippen molar-refractivity contribution in [2.45, 2.75) is 20.1 Å². The highest BCUT2D eigenvalue weighted by Gasteiger charge is 2.12. The molecule has 0 N–H and O–H groups in total. The monoisotopic (exact) mass is 328 g/mol. The van der Waals surface area contributed by atoms with E-state index >= 15 is 0 Å². The SMILES string of the molecule is CCN(Cc1nccn1C)c1ccc(-c2nc(COC)no2)cn1. The van der Waals surface area contributed by atoms with E-state index in [0.29, 0.717) is 24.9 Å². The molecule has 3 aromatic rings. The number of rotatable bonds is 7. The lowest BCUT2D eigenvalue weighted by Crippen LogP contribution is -2.24. The van der Waals surface area contributed by atoms with Crippen LogP contribution in [0.5, 0.6) is 0 Å². The lowest BCUT2D eigenvalue weighted by atomic mass is 10.2. The van der Waals surface area contributed by atoms with Gasteiger partial charge in [0.1, 0.15) is 18.2 Å². The van der Waals surface area contributed by atoms with Gasteiger partial charge in [-0.2, -0.15) is 4.98 Å². The predicted octanol–water partition coefficient (Wildman–Crippen LogP) is 2.04. The van der Waals surface area contributed by atoms with Gasteiger partial charge >= 0.3 is 0 Å². The maximum Gasteiger partial charge on any atom is 0.259 e. The average molecular weight is 328 g/mol. The van der Waals surface area contributed by atoms with Gasteiger partial charge in [-0.3, -0.25) is 0 Å². The summed E-state index contributed by atoms with van der Waals surface area (Å²) < 4.78 is 12.2. The molecule has 0 aromatic carbocycles. The summed E-state index contributed by atoms with van der Waals surface area (Å²) in [5.74, 6) is 2.82. The molecule has 24 heavy (non-hydrogen) atoms. The number of hydrogen-bond donors (Lipinski definition) is 0. The van der Waals surface area contributed by atoms with Crippen molar-refractivity contribution in [3.05, 3.63) is 42.4 Å². The third-order valence-corrected chi connectivity index (χ3v) is 3.70. The standard InChI is InChI=1S/C16H20N6O2/c1-4-22(10-15-17-7-8-21(15)2)14-6-5-12(9-18-14)16-19-13(11-23-3)20-24-16/h5-9H,4,10-11H2,1-3H3. The Bertz CT molecular complexity index is 780. The smallest absolute Gasteiger partial charge is 0.259 e. The fourth-order valence-electron chi connectivity index (χ4n) is 2.33. The maximum absolute atomic E-state index is 5.22. The first-order valence-electron chi connectivity index (χ1n) is 7.70. The van der Waals surface area contributed by atoms with Crippen LogP contribution in [0, 0.1) is 0 Å². The predicted molar refractivity (Wildman–Crippen MR) is 88.2 cm³/mol. The van der Waals surface area contributed by atoms with E-state index in [9.17, 15) is 0 Å². The lowest BCUT2D eigenvalue weighted by Gasteiger charge is -2.21. The Morgan fingerprint density at radius 1 is 1.29 bits per heavy atom. The van der Waals surface area contributed by atoms with Gasteiger partial charge in [-0.15, -0.1) is 0 Å². The Kier molecular flexibility index (Phi) is 4.85. The van der Waals surface area contributed by atoms with E-state index in [-0.39, 0.29) is 0 Å². The highest BCUT2D eigenvalue weighted by atomic mass is 16.5. The Hall–Kier alpha value is -2.74. The molecule has 0 atom stereocenters. The highest BCUT2D eigenvalue weighted by molar-refractivity contribution is 5.54. The summed E-state index contributed by atoms with van der Waals surface area (Å²) in [5.41, 5.74) is 0.779. The molecular formula is C16H20N6O2. The van der Waals surface area contributed by atoms with Crippen molar-refractivity contribution >= 4 is 5.82 Å². The van der Waals surface area contributed by atoms with Crippen LogP contribution in [0.2, 0.25) is 0 Å². The number of aromatic nitrogens is 5. The Labute approximate surface area is 140 Å². The first kappa shape index (κ1) is 16.1. The van der Waals surface area contributed by atoms with Crippen LogP contribution in [-0.2, 0) is 24.9 Å². The van der Waals surface area contributed by atoms with Crippen LogP contribution in [-0.4, -0.2) is 38.3 Å². The molecule has 0 fully saturated rings. The summed E-state index contributed by atoms with van der Waals surface area (Å²) >= 11 is 0. The van der Waals surface area contributed by atoms with Crippen LogP contribution in [0.25, 0.3) is 11.5 Å². The van der Waals surface area contributed by atoms with Crippen LogP contribution in [0.1, 0.15) is 18.6 Å². The zero-order chi connectivity index (χ0) is 16.9. The minimum absolute atomic E-state index is 0.322. The number of hydrogen-bond acceptors (Lipinski definition) is 7. The second kappa shape index (κ2) is 7.22. The van der Waals surface area contributed by atoms with Gasteiger partial charge in [-0.1, -0.05) is 5.16 Å². The largest absolute Gasteiger partial charge is 0.377 e. The van der Waals surface area contributed by atoms with Gasteiger partial charge in [0.25, 0.3) is 5.89 Å². The van der Waals surface area contributed by atoms with Crippen LogP contribution < -0.4 is 4.90 Å². The summed E-state index contributed by atoms with van der Waals surface area (Å²) in [6.45, 7) is 3.94. The van der Waals surface area contributed by atoms with Crippen molar-refractivity contribution in [2.24, 2.45) is 7.05 Å². The number of methoxy groups -OCH3 is 1. The second-order valence-electron chi connectivity index (χ2n) is 5.32. The van der Waals surface area contributed by atoms with Crippen molar-refractivity contribution in [3.8, 4) is 11.5 Å². The van der Waals surface area contributed by atoms with Gasteiger partial charge in [0.2, 0.25) is 0 Å². The van der Waals surface area contributed by atoms with Crippen molar-refractivity contribution in [1.82, 2.24) is 24.7 Å². The minimum atomic E-state index is 0.322. The Morgan fingerprint density at radius 3 is 2.79 bits per heavy atom. The number of nitrogens with zero attached hydrogens (tertiary/aromatic N) is 6. The molecule has 3 heterocycles. The second-order valence-corrected chi connectivity index (χ2v) is 5.32. The molecule has 0 aliphatic carbocycles. The van der Waals surface area contributed by atoms with Gasteiger partial charge in [0.15, 0.2) is 5.82 Å². The van der Waals surface area contributed by atoms with Crippen molar-refractivity contribution in [1.29, 1.82) is 0 Å². The number of imidazole rings is 1. The van der Waals surface area contributed by atoms with Crippen LogP contribution in [0.4, 0.5) is 5.82 Å². The lowest BCUT2D eigenvalue weighted by molar-refractivity contribution is 0.174. The van der Waals surface area contributed by atoms with Gasteiger partial charge in [0, 0.05) is 39.3 Å². The molecule has 3 rings (SSSR count). The molecule has 0 bridgehead atoms. The normalized spacial score (nSPS) is 11.0.